The number of benzene rings is 7. The summed E-state index contributed by atoms with van der Waals surface area (Å²) >= 11 is 0. The topological polar surface area (TPSA) is 14.2 Å². The molecule has 3 nitrogen and oxygen atoms in total. The number of fused-ring (bicyclic) bond motifs is 6. The van der Waals surface area contributed by atoms with Gasteiger partial charge in [0.25, 0.3) is 0 Å². The van der Waals surface area contributed by atoms with Crippen LogP contribution in [0.15, 0.2) is 140 Å². The number of hydrogen-bond donors (Lipinski definition) is 0. The van der Waals surface area contributed by atoms with E-state index >= 15 is 0 Å². The number of hydrogen-bond acceptors (Lipinski definition) is 0. The smallest absolute Gasteiger partial charge is 0.309 e. The highest BCUT2D eigenvalue weighted by Crippen LogP contribution is 2.44. The van der Waals surface area contributed by atoms with Crippen LogP contribution in [0.3, 0.4) is 0 Å². The number of aryl methyl sites for hydroxylation is 3. The fraction of sp³-hybridized carbons (Fsp3) is 0.0851. The maximum absolute atomic E-state index is 14.1. The summed E-state index contributed by atoms with van der Waals surface area (Å²) in [5.74, 6) is 0. The van der Waals surface area contributed by atoms with E-state index in [1.807, 2.05) is 54.6 Å². The highest BCUT2D eigenvalue weighted by atomic mass is 19.4. The lowest BCUT2D eigenvalue weighted by molar-refractivity contribution is -0.137. The molecule has 0 atom stereocenters. The third kappa shape index (κ3) is 5.27. The second kappa shape index (κ2) is 12.0. The molecule has 9 rings (SSSR count). The number of para-hydroxylation sites is 2. The van der Waals surface area contributed by atoms with Gasteiger partial charge >= 0.3 is 6.18 Å². The first kappa shape index (κ1) is 32.3. The summed E-state index contributed by atoms with van der Waals surface area (Å²) in [5.41, 5.74) is 10.9. The third-order valence-electron chi connectivity index (χ3n) is 10.3. The van der Waals surface area contributed by atoms with Gasteiger partial charge in [0.2, 0.25) is 0 Å². The molecule has 0 radical (unpaired) electrons. The van der Waals surface area contributed by atoms with Gasteiger partial charge < -0.3 is 9.13 Å². The first-order valence-electron chi connectivity index (χ1n) is 17.4. The van der Waals surface area contributed by atoms with Crippen LogP contribution in [0.5, 0.6) is 0 Å². The van der Waals surface area contributed by atoms with E-state index in [1.165, 1.54) is 12.1 Å². The van der Waals surface area contributed by atoms with Crippen molar-refractivity contribution in [2.24, 2.45) is 0 Å². The summed E-state index contributed by atoms with van der Waals surface area (Å²) in [6, 6.07) is 45.2. The van der Waals surface area contributed by atoms with Gasteiger partial charge in [-0.1, -0.05) is 77.9 Å². The van der Waals surface area contributed by atoms with Crippen LogP contribution in [-0.4, -0.2) is 9.13 Å². The number of aromatic nitrogens is 2. The molecule has 9 aromatic rings. The molecule has 7 aromatic carbocycles. The van der Waals surface area contributed by atoms with Crippen molar-refractivity contribution in [1.29, 1.82) is 0 Å². The fourth-order valence-electron chi connectivity index (χ4n) is 7.93. The second-order valence-electron chi connectivity index (χ2n) is 13.9. The summed E-state index contributed by atoms with van der Waals surface area (Å²) in [5, 5.41) is 4.46. The molecule has 6 heteroatoms. The van der Waals surface area contributed by atoms with Gasteiger partial charge in [-0.3, -0.25) is 0 Å². The number of rotatable bonds is 4. The average molecular weight is 696 g/mol. The van der Waals surface area contributed by atoms with Gasteiger partial charge in [-0.25, -0.2) is 4.85 Å². The Bertz CT molecular complexity index is 2990. The van der Waals surface area contributed by atoms with E-state index in [0.717, 1.165) is 71.7 Å². The minimum absolute atomic E-state index is 0.445. The molecular weight excluding hydrogens is 664 g/mol. The summed E-state index contributed by atoms with van der Waals surface area (Å²) in [6.45, 7) is 14.2. The van der Waals surface area contributed by atoms with Crippen molar-refractivity contribution >= 4 is 49.3 Å². The monoisotopic (exact) mass is 695 g/mol. The molecule has 0 aliphatic carbocycles. The molecule has 0 unspecified atom stereocenters. The fourth-order valence-corrected chi connectivity index (χ4v) is 7.93. The van der Waals surface area contributed by atoms with Gasteiger partial charge in [-0.2, -0.15) is 13.2 Å². The molecule has 0 N–H and O–H groups in total. The Hall–Kier alpha value is -6.58. The standard InChI is InChI=1S/C47H32F3N3/c1-28-13-18-44-38(23-28)35-9-5-7-11-42(35)52(44)34-16-17-41(51-4)37(27-34)40-26-31(32-21-30(3)22-33(25-32)47(48,49)50)15-20-46(40)53-43-12-8-6-10-36(43)39-24-29(2)14-19-45(39)53/h5-27H,1-3H3. The highest BCUT2D eigenvalue weighted by Gasteiger charge is 2.31. The molecule has 53 heavy (non-hydrogen) atoms. The lowest BCUT2D eigenvalue weighted by Crippen LogP contribution is -2.05. The van der Waals surface area contributed by atoms with E-state index in [9.17, 15) is 13.2 Å². The van der Waals surface area contributed by atoms with E-state index in [0.29, 0.717) is 27.9 Å². The Morgan fingerprint density at radius 2 is 1.09 bits per heavy atom. The van der Waals surface area contributed by atoms with Crippen LogP contribution in [0.2, 0.25) is 0 Å². The molecule has 2 aromatic heterocycles. The highest BCUT2D eigenvalue weighted by molar-refractivity contribution is 6.11. The Balaban J connectivity index is 1.37. The van der Waals surface area contributed by atoms with E-state index in [4.69, 9.17) is 6.57 Å². The van der Waals surface area contributed by atoms with Crippen LogP contribution >= 0.6 is 0 Å². The van der Waals surface area contributed by atoms with E-state index in [1.54, 1.807) is 13.0 Å². The number of halogens is 3. The number of nitrogens with zero attached hydrogens (tertiary/aromatic N) is 3. The van der Waals surface area contributed by atoms with Gasteiger partial charge in [0.05, 0.1) is 39.9 Å². The lowest BCUT2D eigenvalue weighted by atomic mass is 9.94. The lowest BCUT2D eigenvalue weighted by Gasteiger charge is -2.19. The molecule has 0 aliphatic rings. The molecule has 0 saturated heterocycles. The Morgan fingerprint density at radius 3 is 1.74 bits per heavy atom. The van der Waals surface area contributed by atoms with E-state index in [2.05, 4.69) is 94.6 Å². The van der Waals surface area contributed by atoms with Crippen LogP contribution in [0.1, 0.15) is 22.3 Å². The maximum Gasteiger partial charge on any atom is 0.416 e. The number of alkyl halides is 3. The van der Waals surface area contributed by atoms with Crippen molar-refractivity contribution in [2.45, 2.75) is 26.9 Å². The quantitative estimate of drug-likeness (QED) is 0.163. The van der Waals surface area contributed by atoms with E-state index < -0.39 is 11.7 Å². The van der Waals surface area contributed by atoms with Crippen LogP contribution < -0.4 is 0 Å². The molecule has 0 bridgehead atoms. The van der Waals surface area contributed by atoms with Crippen molar-refractivity contribution in [3.63, 3.8) is 0 Å². The Morgan fingerprint density at radius 1 is 0.491 bits per heavy atom. The minimum Gasteiger partial charge on any atom is -0.309 e. The summed E-state index contributed by atoms with van der Waals surface area (Å²) in [4.78, 5) is 4.01. The van der Waals surface area contributed by atoms with E-state index in [-0.39, 0.29) is 0 Å². The summed E-state index contributed by atoms with van der Waals surface area (Å²) < 4.78 is 46.6. The zero-order chi connectivity index (χ0) is 36.6. The van der Waals surface area contributed by atoms with Crippen LogP contribution in [0.4, 0.5) is 18.9 Å². The Kier molecular flexibility index (Phi) is 7.32. The van der Waals surface area contributed by atoms with Crippen molar-refractivity contribution in [1.82, 2.24) is 9.13 Å². The third-order valence-corrected chi connectivity index (χ3v) is 10.3. The molecule has 2 heterocycles. The van der Waals surface area contributed by atoms with Gasteiger partial charge in [0.1, 0.15) is 0 Å². The predicted octanol–water partition coefficient (Wildman–Crippen LogP) is 13.7. The molecule has 0 saturated carbocycles. The van der Waals surface area contributed by atoms with Crippen molar-refractivity contribution in [3.8, 4) is 33.6 Å². The van der Waals surface area contributed by atoms with Crippen molar-refractivity contribution in [3.05, 3.63) is 173 Å². The van der Waals surface area contributed by atoms with Crippen LogP contribution in [-0.2, 0) is 6.18 Å². The molecule has 256 valence electrons. The normalized spacial score (nSPS) is 11.9. The summed E-state index contributed by atoms with van der Waals surface area (Å²) in [7, 11) is 0. The van der Waals surface area contributed by atoms with Crippen LogP contribution in [0, 0.1) is 27.3 Å². The van der Waals surface area contributed by atoms with Gasteiger partial charge in [-0.05, 0) is 121 Å². The predicted molar refractivity (Wildman–Crippen MR) is 211 cm³/mol. The van der Waals surface area contributed by atoms with Crippen molar-refractivity contribution < 1.29 is 13.2 Å². The zero-order valence-corrected chi connectivity index (χ0v) is 29.3. The van der Waals surface area contributed by atoms with Crippen LogP contribution in [0.25, 0.3) is 82.1 Å². The SMILES string of the molecule is [C-]#[N+]c1ccc(-n2c3ccccc3c3cc(C)ccc32)cc1-c1cc(-c2cc(C)cc(C(F)(F)F)c2)ccc1-n1c2ccccc2c2cc(C)ccc21. The largest absolute Gasteiger partial charge is 0.416 e. The molecule has 0 spiro atoms. The first-order chi connectivity index (χ1) is 25.6. The Labute approximate surface area is 304 Å². The molecule has 0 aliphatic heterocycles. The average Bonchev–Trinajstić information content (AvgIpc) is 3.65. The molecule has 0 fully saturated rings. The molecule has 0 amide bonds. The maximum atomic E-state index is 14.1. The van der Waals surface area contributed by atoms with Gasteiger partial charge in [0.15, 0.2) is 5.69 Å². The molecular formula is C47H32F3N3. The second-order valence-corrected chi connectivity index (χ2v) is 13.9. The first-order valence-corrected chi connectivity index (χ1v) is 17.4. The van der Waals surface area contributed by atoms with Gasteiger partial charge in [0, 0.05) is 27.2 Å². The summed E-state index contributed by atoms with van der Waals surface area (Å²) in [6.07, 6.45) is -4.49. The zero-order valence-electron chi connectivity index (χ0n) is 29.3. The van der Waals surface area contributed by atoms with Gasteiger partial charge in [-0.15, -0.1) is 0 Å². The van der Waals surface area contributed by atoms with Crippen molar-refractivity contribution in [2.75, 3.05) is 0 Å². The minimum atomic E-state index is -4.49.